The van der Waals surface area contributed by atoms with Gasteiger partial charge in [0.05, 0.1) is 0 Å². The first-order valence-electron chi connectivity index (χ1n) is 7.44. The van der Waals surface area contributed by atoms with Gasteiger partial charge in [0, 0.05) is 30.7 Å². The van der Waals surface area contributed by atoms with E-state index in [4.69, 9.17) is 0 Å². The number of rotatable bonds is 3. The molecule has 2 aromatic rings. The summed E-state index contributed by atoms with van der Waals surface area (Å²) >= 11 is 0. The summed E-state index contributed by atoms with van der Waals surface area (Å²) < 4.78 is 13.3. The molecule has 0 radical (unpaired) electrons. The molecule has 1 atom stereocenters. The first-order valence-corrected chi connectivity index (χ1v) is 7.44. The minimum atomic E-state index is -0.233. The van der Waals surface area contributed by atoms with E-state index in [1.54, 1.807) is 30.6 Å². The molecule has 1 aromatic heterocycles. The fourth-order valence-electron chi connectivity index (χ4n) is 2.88. The number of amides is 2. The quantitative estimate of drug-likeness (QED) is 0.943. The van der Waals surface area contributed by atoms with Crippen molar-refractivity contribution in [2.75, 3.05) is 11.9 Å². The van der Waals surface area contributed by atoms with E-state index in [0.29, 0.717) is 6.42 Å². The van der Waals surface area contributed by atoms with Crippen molar-refractivity contribution < 1.29 is 9.18 Å². The van der Waals surface area contributed by atoms with Crippen molar-refractivity contribution in [3.8, 4) is 0 Å². The fourth-order valence-corrected chi connectivity index (χ4v) is 2.88. The van der Waals surface area contributed by atoms with Crippen LogP contribution in [0.5, 0.6) is 0 Å². The Morgan fingerprint density at radius 1 is 1.32 bits per heavy atom. The Morgan fingerprint density at radius 2 is 2.14 bits per heavy atom. The molecule has 0 spiro atoms. The predicted octanol–water partition coefficient (Wildman–Crippen LogP) is 3.46. The standard InChI is InChI=1S/C17H18FN3O/c18-14-4-1-3-13(11-14)12-16-5-2-10-21(16)17(22)20-15-6-8-19-9-7-15/h1,3-4,6-9,11,16H,2,5,10,12H2,(H,19,20,22). The van der Waals surface area contributed by atoms with Gasteiger partial charge in [-0.25, -0.2) is 9.18 Å². The highest BCUT2D eigenvalue weighted by atomic mass is 19.1. The Balaban J connectivity index is 1.66. The van der Waals surface area contributed by atoms with Gasteiger partial charge in [-0.1, -0.05) is 12.1 Å². The molecule has 114 valence electrons. The molecule has 1 aliphatic rings. The number of hydrogen-bond acceptors (Lipinski definition) is 2. The summed E-state index contributed by atoms with van der Waals surface area (Å²) in [7, 11) is 0. The number of urea groups is 1. The third-order valence-corrected chi connectivity index (χ3v) is 3.93. The lowest BCUT2D eigenvalue weighted by atomic mass is 10.0. The highest BCUT2D eigenvalue weighted by Crippen LogP contribution is 2.22. The van der Waals surface area contributed by atoms with Crippen LogP contribution in [0.15, 0.2) is 48.8 Å². The second-order valence-electron chi connectivity index (χ2n) is 5.49. The van der Waals surface area contributed by atoms with Crippen LogP contribution in [0, 0.1) is 5.82 Å². The van der Waals surface area contributed by atoms with Gasteiger partial charge in [0.25, 0.3) is 0 Å². The first-order chi connectivity index (χ1) is 10.7. The van der Waals surface area contributed by atoms with Crippen molar-refractivity contribution in [1.29, 1.82) is 0 Å². The van der Waals surface area contributed by atoms with Gasteiger partial charge in [0.1, 0.15) is 5.82 Å². The SMILES string of the molecule is O=C(Nc1ccncc1)N1CCCC1Cc1cccc(F)c1. The van der Waals surface area contributed by atoms with Crippen LogP contribution in [0.3, 0.4) is 0 Å². The van der Waals surface area contributed by atoms with Gasteiger partial charge < -0.3 is 10.2 Å². The van der Waals surface area contributed by atoms with Gasteiger partial charge in [-0.15, -0.1) is 0 Å². The summed E-state index contributed by atoms with van der Waals surface area (Å²) in [5, 5.41) is 2.88. The number of benzene rings is 1. The van der Waals surface area contributed by atoms with Gasteiger partial charge in [-0.05, 0) is 49.1 Å². The molecule has 1 unspecified atom stereocenters. The van der Waals surface area contributed by atoms with Crippen molar-refractivity contribution in [1.82, 2.24) is 9.88 Å². The second kappa shape index (κ2) is 6.56. The van der Waals surface area contributed by atoms with Crippen LogP contribution < -0.4 is 5.32 Å². The molecule has 3 rings (SSSR count). The van der Waals surface area contributed by atoms with Gasteiger partial charge in [-0.3, -0.25) is 4.98 Å². The number of pyridine rings is 1. The lowest BCUT2D eigenvalue weighted by molar-refractivity contribution is 0.206. The van der Waals surface area contributed by atoms with Gasteiger partial charge in [0.2, 0.25) is 0 Å². The lowest BCUT2D eigenvalue weighted by Crippen LogP contribution is -2.39. The van der Waals surface area contributed by atoms with E-state index in [2.05, 4.69) is 10.3 Å². The van der Waals surface area contributed by atoms with Gasteiger partial charge in [-0.2, -0.15) is 0 Å². The molecule has 4 nitrogen and oxygen atoms in total. The maximum atomic E-state index is 13.3. The van der Waals surface area contributed by atoms with Crippen LogP contribution in [0.25, 0.3) is 0 Å². The molecule has 1 aromatic carbocycles. The zero-order valence-electron chi connectivity index (χ0n) is 12.2. The van der Waals surface area contributed by atoms with E-state index in [1.807, 2.05) is 11.0 Å². The van der Waals surface area contributed by atoms with Crippen molar-refractivity contribution >= 4 is 11.7 Å². The Morgan fingerprint density at radius 3 is 2.91 bits per heavy atom. The highest BCUT2D eigenvalue weighted by molar-refractivity contribution is 5.89. The third-order valence-electron chi connectivity index (χ3n) is 3.93. The maximum Gasteiger partial charge on any atom is 0.322 e. The summed E-state index contributed by atoms with van der Waals surface area (Å²) in [4.78, 5) is 18.2. The molecule has 1 N–H and O–H groups in total. The molecule has 1 aliphatic heterocycles. The van der Waals surface area contributed by atoms with Crippen LogP contribution in [0.2, 0.25) is 0 Å². The van der Waals surface area contributed by atoms with Crippen molar-refractivity contribution in [2.24, 2.45) is 0 Å². The van der Waals surface area contributed by atoms with E-state index in [1.165, 1.54) is 12.1 Å². The van der Waals surface area contributed by atoms with Crippen LogP contribution in [-0.4, -0.2) is 28.5 Å². The summed E-state index contributed by atoms with van der Waals surface area (Å²) in [6.07, 6.45) is 5.89. The maximum absolute atomic E-state index is 13.3. The Hall–Kier alpha value is -2.43. The molecule has 22 heavy (non-hydrogen) atoms. The van der Waals surface area contributed by atoms with E-state index >= 15 is 0 Å². The van der Waals surface area contributed by atoms with Crippen molar-refractivity contribution in [3.05, 3.63) is 60.2 Å². The second-order valence-corrected chi connectivity index (χ2v) is 5.49. The molecular weight excluding hydrogens is 281 g/mol. The van der Waals surface area contributed by atoms with E-state index in [-0.39, 0.29) is 17.9 Å². The fraction of sp³-hybridized carbons (Fsp3) is 0.294. The predicted molar refractivity (Wildman–Crippen MR) is 83.1 cm³/mol. The molecule has 0 aliphatic carbocycles. The number of likely N-dealkylation sites (tertiary alicyclic amines) is 1. The van der Waals surface area contributed by atoms with Crippen LogP contribution in [0.4, 0.5) is 14.9 Å². The first kappa shape index (κ1) is 14.5. The average Bonchev–Trinajstić information content (AvgIpc) is 2.96. The number of hydrogen-bond donors (Lipinski definition) is 1. The van der Waals surface area contributed by atoms with Crippen LogP contribution in [-0.2, 0) is 6.42 Å². The number of aromatic nitrogens is 1. The average molecular weight is 299 g/mol. The van der Waals surface area contributed by atoms with E-state index in [0.717, 1.165) is 30.6 Å². The number of anilines is 1. The normalized spacial score (nSPS) is 17.5. The summed E-state index contributed by atoms with van der Waals surface area (Å²) in [6, 6.07) is 10.1. The van der Waals surface area contributed by atoms with Crippen molar-refractivity contribution in [3.63, 3.8) is 0 Å². The minimum absolute atomic E-state index is 0.106. The highest BCUT2D eigenvalue weighted by Gasteiger charge is 2.28. The van der Waals surface area contributed by atoms with E-state index in [9.17, 15) is 9.18 Å². The summed E-state index contributed by atoms with van der Waals surface area (Å²) in [6.45, 7) is 0.733. The molecule has 2 heterocycles. The number of nitrogens with zero attached hydrogens (tertiary/aromatic N) is 2. The molecular formula is C17H18FN3O. The van der Waals surface area contributed by atoms with Gasteiger partial charge in [0.15, 0.2) is 0 Å². The number of carbonyl (C=O) groups excluding carboxylic acids is 1. The molecule has 1 fully saturated rings. The lowest BCUT2D eigenvalue weighted by Gasteiger charge is -2.25. The van der Waals surface area contributed by atoms with Crippen LogP contribution in [0.1, 0.15) is 18.4 Å². The Kier molecular flexibility index (Phi) is 4.32. The summed E-state index contributed by atoms with van der Waals surface area (Å²) in [5.41, 5.74) is 1.66. The van der Waals surface area contributed by atoms with Crippen molar-refractivity contribution in [2.45, 2.75) is 25.3 Å². The molecule has 1 saturated heterocycles. The molecule has 0 saturated carbocycles. The number of carbonyl (C=O) groups is 1. The molecule has 0 bridgehead atoms. The molecule has 5 heteroatoms. The van der Waals surface area contributed by atoms with Crippen LogP contribution >= 0.6 is 0 Å². The topological polar surface area (TPSA) is 45.2 Å². The van der Waals surface area contributed by atoms with Gasteiger partial charge >= 0.3 is 6.03 Å². The Bertz CT molecular complexity index is 647. The zero-order chi connectivity index (χ0) is 15.4. The zero-order valence-corrected chi connectivity index (χ0v) is 12.2. The third kappa shape index (κ3) is 3.42. The Labute approximate surface area is 129 Å². The largest absolute Gasteiger partial charge is 0.322 e. The number of nitrogens with one attached hydrogen (secondary N) is 1. The number of halogens is 1. The molecule has 2 amide bonds. The minimum Gasteiger partial charge on any atom is -0.321 e. The van der Waals surface area contributed by atoms with E-state index < -0.39 is 0 Å². The smallest absolute Gasteiger partial charge is 0.321 e. The monoisotopic (exact) mass is 299 g/mol. The summed E-state index contributed by atoms with van der Waals surface area (Å²) in [5.74, 6) is -0.233.